The fraction of sp³-hybridized carbons (Fsp3) is 0.250. The number of hydrogen-bond donors (Lipinski definition) is 0. The molecule has 0 saturated carbocycles. The maximum absolute atomic E-state index is 12.1. The van der Waals surface area contributed by atoms with Crippen molar-refractivity contribution in [1.82, 2.24) is 0 Å². The number of carbonyl (C=O) groups is 1. The van der Waals surface area contributed by atoms with Crippen LogP contribution in [0.2, 0.25) is 0 Å². The number of ketones is 1. The molecule has 2 rings (SSSR count). The average Bonchev–Trinajstić information content (AvgIpc) is 2.55. The number of carbonyl (C=O) groups excluding carboxylic acids is 1. The molecule has 0 aliphatic carbocycles. The summed E-state index contributed by atoms with van der Waals surface area (Å²) < 4.78 is 0. The summed E-state index contributed by atoms with van der Waals surface area (Å²) in [6.07, 6.45) is 3.51. The third kappa shape index (κ3) is 4.08. The van der Waals surface area contributed by atoms with Gasteiger partial charge < -0.3 is 4.90 Å². The zero-order valence-electron chi connectivity index (χ0n) is 13.5. The summed E-state index contributed by atoms with van der Waals surface area (Å²) in [5.74, 6) is 0.0384. The molecule has 0 radical (unpaired) electrons. The lowest BCUT2D eigenvalue weighted by molar-refractivity contribution is 0.104. The molecule has 2 heteroatoms. The second-order valence-electron chi connectivity index (χ2n) is 5.33. The van der Waals surface area contributed by atoms with Crippen molar-refractivity contribution in [3.05, 3.63) is 71.3 Å². The molecule has 0 aromatic heterocycles. The lowest BCUT2D eigenvalue weighted by Gasteiger charge is -2.20. The minimum absolute atomic E-state index is 0.0384. The molecule has 114 valence electrons. The second kappa shape index (κ2) is 7.60. The maximum Gasteiger partial charge on any atom is 0.185 e. The molecule has 0 atom stereocenters. The Bertz CT molecular complexity index is 652. The fourth-order valence-corrected chi connectivity index (χ4v) is 2.45. The highest BCUT2D eigenvalue weighted by molar-refractivity contribution is 6.06. The van der Waals surface area contributed by atoms with Crippen molar-refractivity contribution >= 4 is 17.5 Å². The molecule has 0 aliphatic rings. The van der Waals surface area contributed by atoms with Crippen molar-refractivity contribution in [2.75, 3.05) is 18.0 Å². The number of benzene rings is 2. The molecular formula is C20H23NO. The highest BCUT2D eigenvalue weighted by Gasteiger charge is 2.02. The highest BCUT2D eigenvalue weighted by Crippen LogP contribution is 2.16. The summed E-state index contributed by atoms with van der Waals surface area (Å²) in [7, 11) is 0. The Morgan fingerprint density at radius 2 is 1.73 bits per heavy atom. The van der Waals surface area contributed by atoms with Crippen LogP contribution in [-0.4, -0.2) is 18.9 Å². The van der Waals surface area contributed by atoms with E-state index in [-0.39, 0.29) is 5.78 Å². The molecule has 2 aromatic carbocycles. The summed E-state index contributed by atoms with van der Waals surface area (Å²) in [6.45, 7) is 8.29. The lowest BCUT2D eigenvalue weighted by atomic mass is 10.1. The van der Waals surface area contributed by atoms with Gasteiger partial charge in [0.05, 0.1) is 0 Å². The maximum atomic E-state index is 12.1. The van der Waals surface area contributed by atoms with Gasteiger partial charge in [0.1, 0.15) is 0 Å². The van der Waals surface area contributed by atoms with E-state index in [1.807, 2.05) is 49.4 Å². The summed E-state index contributed by atoms with van der Waals surface area (Å²) in [5, 5.41) is 0. The standard InChI is InChI=1S/C20H23NO/c1-4-21(5-2)19-12-9-17(10-13-19)11-14-20(22)18-8-6-7-16(3)15-18/h6-15H,4-5H2,1-3H3/b14-11+. The van der Waals surface area contributed by atoms with Crippen molar-refractivity contribution in [1.29, 1.82) is 0 Å². The van der Waals surface area contributed by atoms with E-state index in [1.165, 1.54) is 5.69 Å². The van der Waals surface area contributed by atoms with Gasteiger partial charge in [0.15, 0.2) is 5.78 Å². The van der Waals surface area contributed by atoms with Crippen LogP contribution in [0.25, 0.3) is 6.08 Å². The molecule has 0 unspecified atom stereocenters. The van der Waals surface area contributed by atoms with Gasteiger partial charge in [-0.15, -0.1) is 0 Å². The van der Waals surface area contributed by atoms with E-state index in [0.29, 0.717) is 0 Å². The summed E-state index contributed by atoms with van der Waals surface area (Å²) in [6, 6.07) is 16.0. The Labute approximate surface area is 133 Å². The molecule has 0 saturated heterocycles. The number of nitrogens with zero attached hydrogens (tertiary/aromatic N) is 1. The molecule has 2 aromatic rings. The molecular weight excluding hydrogens is 270 g/mol. The van der Waals surface area contributed by atoms with Gasteiger partial charge in [-0.1, -0.05) is 42.0 Å². The zero-order chi connectivity index (χ0) is 15.9. The van der Waals surface area contributed by atoms with Crippen LogP contribution in [0.15, 0.2) is 54.6 Å². The minimum atomic E-state index is 0.0384. The van der Waals surface area contributed by atoms with Crippen molar-refractivity contribution in [3.8, 4) is 0 Å². The number of allylic oxidation sites excluding steroid dienone is 1. The normalized spacial score (nSPS) is 10.9. The van der Waals surface area contributed by atoms with Crippen LogP contribution in [0, 0.1) is 6.92 Å². The Balaban J connectivity index is 2.08. The average molecular weight is 293 g/mol. The topological polar surface area (TPSA) is 20.3 Å². The van der Waals surface area contributed by atoms with Crippen LogP contribution in [0.4, 0.5) is 5.69 Å². The first-order valence-electron chi connectivity index (χ1n) is 7.78. The first kappa shape index (κ1) is 16.0. The van der Waals surface area contributed by atoms with Gasteiger partial charge >= 0.3 is 0 Å². The third-order valence-corrected chi connectivity index (χ3v) is 3.75. The molecule has 0 bridgehead atoms. The van der Waals surface area contributed by atoms with Gasteiger partial charge in [0.2, 0.25) is 0 Å². The zero-order valence-corrected chi connectivity index (χ0v) is 13.5. The number of aryl methyl sites for hydroxylation is 1. The van der Waals surface area contributed by atoms with E-state index in [4.69, 9.17) is 0 Å². The smallest absolute Gasteiger partial charge is 0.185 e. The Kier molecular flexibility index (Phi) is 5.54. The molecule has 0 amide bonds. The van der Waals surface area contributed by atoms with Crippen molar-refractivity contribution in [2.45, 2.75) is 20.8 Å². The van der Waals surface area contributed by atoms with Crippen molar-refractivity contribution < 1.29 is 4.79 Å². The van der Waals surface area contributed by atoms with E-state index in [1.54, 1.807) is 6.08 Å². The van der Waals surface area contributed by atoms with Gasteiger partial charge in [-0.25, -0.2) is 0 Å². The number of rotatable bonds is 6. The van der Waals surface area contributed by atoms with E-state index in [9.17, 15) is 4.79 Å². The van der Waals surface area contributed by atoms with Crippen molar-refractivity contribution in [2.24, 2.45) is 0 Å². The predicted octanol–water partition coefficient (Wildman–Crippen LogP) is 4.74. The molecule has 0 aliphatic heterocycles. The monoisotopic (exact) mass is 293 g/mol. The van der Waals surface area contributed by atoms with E-state index in [0.717, 1.165) is 29.8 Å². The van der Waals surface area contributed by atoms with Crippen LogP contribution in [0.1, 0.15) is 35.3 Å². The minimum Gasteiger partial charge on any atom is -0.372 e. The fourth-order valence-electron chi connectivity index (χ4n) is 2.45. The van der Waals surface area contributed by atoms with Gasteiger partial charge in [-0.2, -0.15) is 0 Å². The van der Waals surface area contributed by atoms with Crippen LogP contribution >= 0.6 is 0 Å². The molecule has 22 heavy (non-hydrogen) atoms. The summed E-state index contributed by atoms with van der Waals surface area (Å²) in [4.78, 5) is 14.4. The van der Waals surface area contributed by atoms with Gasteiger partial charge in [0.25, 0.3) is 0 Å². The Morgan fingerprint density at radius 3 is 2.32 bits per heavy atom. The quantitative estimate of drug-likeness (QED) is 0.566. The van der Waals surface area contributed by atoms with Gasteiger partial charge in [-0.3, -0.25) is 4.79 Å². The molecule has 0 N–H and O–H groups in total. The number of anilines is 1. The largest absolute Gasteiger partial charge is 0.372 e. The first-order chi connectivity index (χ1) is 10.6. The Hall–Kier alpha value is -2.35. The molecule has 0 spiro atoms. The number of hydrogen-bond acceptors (Lipinski definition) is 2. The predicted molar refractivity (Wildman–Crippen MR) is 94.5 cm³/mol. The van der Waals surface area contributed by atoms with Gasteiger partial charge in [-0.05, 0) is 50.6 Å². The van der Waals surface area contributed by atoms with Crippen LogP contribution in [0.5, 0.6) is 0 Å². The lowest BCUT2D eigenvalue weighted by Crippen LogP contribution is -2.21. The molecule has 0 heterocycles. The summed E-state index contributed by atoms with van der Waals surface area (Å²) in [5.41, 5.74) is 4.09. The van der Waals surface area contributed by atoms with E-state index < -0.39 is 0 Å². The van der Waals surface area contributed by atoms with E-state index >= 15 is 0 Å². The van der Waals surface area contributed by atoms with Crippen LogP contribution in [0.3, 0.4) is 0 Å². The van der Waals surface area contributed by atoms with E-state index in [2.05, 4.69) is 30.9 Å². The van der Waals surface area contributed by atoms with Gasteiger partial charge in [0, 0.05) is 24.3 Å². The third-order valence-electron chi connectivity index (χ3n) is 3.75. The Morgan fingerprint density at radius 1 is 1.05 bits per heavy atom. The first-order valence-corrected chi connectivity index (χ1v) is 7.78. The van der Waals surface area contributed by atoms with Crippen LogP contribution in [-0.2, 0) is 0 Å². The SMILES string of the molecule is CCN(CC)c1ccc(/C=C/C(=O)c2cccc(C)c2)cc1. The second-order valence-corrected chi connectivity index (χ2v) is 5.33. The van der Waals surface area contributed by atoms with Crippen LogP contribution < -0.4 is 4.90 Å². The summed E-state index contributed by atoms with van der Waals surface area (Å²) >= 11 is 0. The molecule has 0 fully saturated rings. The van der Waals surface area contributed by atoms with Crippen molar-refractivity contribution in [3.63, 3.8) is 0 Å². The highest BCUT2D eigenvalue weighted by atomic mass is 16.1. The molecule has 2 nitrogen and oxygen atoms in total.